The van der Waals surface area contributed by atoms with Crippen molar-refractivity contribution in [2.24, 2.45) is 0 Å². The predicted octanol–water partition coefficient (Wildman–Crippen LogP) is 13.3. The smallest absolute Gasteiger partial charge is 0.118 e. The van der Waals surface area contributed by atoms with E-state index in [1.807, 2.05) is 102 Å². The van der Waals surface area contributed by atoms with Gasteiger partial charge in [0.15, 0.2) is 0 Å². The van der Waals surface area contributed by atoms with E-state index in [0.29, 0.717) is 5.57 Å². The molecule has 8 rings (SSSR count). The van der Waals surface area contributed by atoms with Crippen LogP contribution in [0.1, 0.15) is 33.4 Å². The standard InChI is InChI=1S/C55H42N2O4/c1-60-52-32-18-44(19-33-52)55(45-20-34-53(61-2)35-21-45)54(42-6-4-3-5-7-42)43-16-14-40(15-17-43)39-10-12-41(13-11-39)46(37-56)36-38-8-22-47(23-9-38)57(48-24-28-50(58)29-25-48)49-26-30-51(59)31-27-49/h3-36,58-59H,1-2H3/b46-36-. The topological polar surface area (TPSA) is 86.0 Å². The first-order chi connectivity index (χ1) is 29.9. The largest absolute Gasteiger partial charge is 0.508 e. The average Bonchev–Trinajstić information content (AvgIpc) is 3.32. The Bertz CT molecular complexity index is 2730. The van der Waals surface area contributed by atoms with Gasteiger partial charge in [0, 0.05) is 17.1 Å². The minimum Gasteiger partial charge on any atom is -0.508 e. The van der Waals surface area contributed by atoms with E-state index in [1.165, 1.54) is 0 Å². The van der Waals surface area contributed by atoms with E-state index in [-0.39, 0.29) is 11.5 Å². The molecule has 61 heavy (non-hydrogen) atoms. The number of ether oxygens (including phenoxy) is 2. The molecule has 0 aliphatic rings. The quantitative estimate of drug-likeness (QED) is 0.0946. The van der Waals surface area contributed by atoms with Crippen LogP contribution in [0.4, 0.5) is 17.1 Å². The van der Waals surface area contributed by atoms with Gasteiger partial charge in [-0.3, -0.25) is 0 Å². The molecule has 0 atom stereocenters. The van der Waals surface area contributed by atoms with E-state index in [2.05, 4.69) is 91.0 Å². The van der Waals surface area contributed by atoms with Crippen LogP contribution in [0.25, 0.3) is 33.9 Å². The Hall–Kier alpha value is -8.27. The number of aromatic hydroxyl groups is 2. The third-order valence-corrected chi connectivity index (χ3v) is 10.6. The van der Waals surface area contributed by atoms with Crippen molar-refractivity contribution in [2.75, 3.05) is 19.1 Å². The van der Waals surface area contributed by atoms with Crippen molar-refractivity contribution >= 4 is 39.9 Å². The normalized spacial score (nSPS) is 11.0. The summed E-state index contributed by atoms with van der Waals surface area (Å²) in [6.45, 7) is 0. The number of rotatable bonds is 12. The van der Waals surface area contributed by atoms with Crippen LogP contribution in [0, 0.1) is 11.3 Å². The first-order valence-electron chi connectivity index (χ1n) is 19.8. The summed E-state index contributed by atoms with van der Waals surface area (Å²) in [4.78, 5) is 2.03. The van der Waals surface area contributed by atoms with Crippen LogP contribution in [0.2, 0.25) is 0 Å². The van der Waals surface area contributed by atoms with Crippen molar-refractivity contribution in [3.8, 4) is 40.2 Å². The number of nitriles is 1. The predicted molar refractivity (Wildman–Crippen MR) is 247 cm³/mol. The van der Waals surface area contributed by atoms with E-state index in [1.54, 1.807) is 38.5 Å². The molecule has 8 aromatic rings. The first kappa shape index (κ1) is 39.6. The Kier molecular flexibility index (Phi) is 11.7. The molecule has 0 saturated heterocycles. The monoisotopic (exact) mass is 794 g/mol. The zero-order chi connectivity index (χ0) is 42.1. The molecule has 0 aliphatic carbocycles. The van der Waals surface area contributed by atoms with Crippen LogP contribution in [0.3, 0.4) is 0 Å². The van der Waals surface area contributed by atoms with Gasteiger partial charge < -0.3 is 24.6 Å². The van der Waals surface area contributed by atoms with E-state index in [0.717, 1.165) is 84.2 Å². The van der Waals surface area contributed by atoms with Gasteiger partial charge in [0.05, 0.1) is 25.9 Å². The molecule has 0 heterocycles. The molecule has 0 saturated carbocycles. The fourth-order valence-corrected chi connectivity index (χ4v) is 7.42. The van der Waals surface area contributed by atoms with Crippen molar-refractivity contribution in [1.82, 2.24) is 0 Å². The minimum atomic E-state index is 0.177. The van der Waals surface area contributed by atoms with Gasteiger partial charge in [-0.1, -0.05) is 115 Å². The van der Waals surface area contributed by atoms with Gasteiger partial charge in [-0.15, -0.1) is 0 Å². The summed E-state index contributed by atoms with van der Waals surface area (Å²) in [6.07, 6.45) is 1.89. The summed E-state index contributed by atoms with van der Waals surface area (Å²) in [5, 5.41) is 30.1. The number of allylic oxidation sites excluding steroid dienone is 1. The van der Waals surface area contributed by atoms with Crippen molar-refractivity contribution in [3.05, 3.63) is 234 Å². The maximum Gasteiger partial charge on any atom is 0.118 e. The number of phenolic OH excluding ortho intramolecular Hbond substituents is 2. The van der Waals surface area contributed by atoms with Gasteiger partial charge in [-0.2, -0.15) is 5.26 Å². The molecule has 2 N–H and O–H groups in total. The highest BCUT2D eigenvalue weighted by Gasteiger charge is 2.18. The van der Waals surface area contributed by atoms with Crippen LogP contribution >= 0.6 is 0 Å². The molecule has 0 unspecified atom stereocenters. The fourth-order valence-electron chi connectivity index (χ4n) is 7.42. The second-order valence-corrected chi connectivity index (χ2v) is 14.4. The molecule has 6 heteroatoms. The third kappa shape index (κ3) is 8.92. The van der Waals surface area contributed by atoms with Gasteiger partial charge in [-0.05, 0) is 147 Å². The maximum atomic E-state index is 10.3. The van der Waals surface area contributed by atoms with E-state index in [9.17, 15) is 15.5 Å². The van der Waals surface area contributed by atoms with Gasteiger partial charge in [0.25, 0.3) is 0 Å². The second kappa shape index (κ2) is 18.1. The average molecular weight is 795 g/mol. The summed E-state index contributed by atoms with van der Waals surface area (Å²) < 4.78 is 11.0. The molecule has 0 aliphatic heterocycles. The Balaban J connectivity index is 1.09. The lowest BCUT2D eigenvalue weighted by molar-refractivity contribution is 0.414. The van der Waals surface area contributed by atoms with E-state index in [4.69, 9.17) is 9.47 Å². The Morgan fingerprint density at radius 2 is 0.803 bits per heavy atom. The third-order valence-electron chi connectivity index (χ3n) is 10.6. The van der Waals surface area contributed by atoms with Crippen LogP contribution in [-0.2, 0) is 0 Å². The molecule has 0 aromatic heterocycles. The van der Waals surface area contributed by atoms with Crippen molar-refractivity contribution < 1.29 is 19.7 Å². The summed E-state index contributed by atoms with van der Waals surface area (Å²) >= 11 is 0. The molecule has 0 spiro atoms. The van der Waals surface area contributed by atoms with Crippen LogP contribution < -0.4 is 14.4 Å². The Morgan fingerprint density at radius 1 is 0.443 bits per heavy atom. The number of nitrogens with zero attached hydrogens (tertiary/aromatic N) is 2. The van der Waals surface area contributed by atoms with Crippen LogP contribution in [-0.4, -0.2) is 24.4 Å². The Morgan fingerprint density at radius 3 is 1.20 bits per heavy atom. The number of anilines is 3. The van der Waals surface area contributed by atoms with E-state index < -0.39 is 0 Å². The van der Waals surface area contributed by atoms with Crippen molar-refractivity contribution in [2.45, 2.75) is 0 Å². The second-order valence-electron chi connectivity index (χ2n) is 14.4. The molecule has 0 radical (unpaired) electrons. The highest BCUT2D eigenvalue weighted by atomic mass is 16.5. The minimum absolute atomic E-state index is 0.177. The lowest BCUT2D eigenvalue weighted by Gasteiger charge is -2.25. The van der Waals surface area contributed by atoms with Crippen LogP contribution in [0.5, 0.6) is 23.0 Å². The van der Waals surface area contributed by atoms with Gasteiger partial charge in [0.1, 0.15) is 23.0 Å². The van der Waals surface area contributed by atoms with Gasteiger partial charge in [-0.25, -0.2) is 0 Å². The molecule has 8 aromatic carbocycles. The summed E-state index contributed by atoms with van der Waals surface area (Å²) in [7, 11) is 3.35. The Labute approximate surface area is 356 Å². The number of methoxy groups -OCH3 is 2. The molecular weight excluding hydrogens is 753 g/mol. The van der Waals surface area contributed by atoms with Crippen molar-refractivity contribution in [1.29, 1.82) is 5.26 Å². The van der Waals surface area contributed by atoms with Gasteiger partial charge >= 0.3 is 0 Å². The molecular formula is C55H42N2O4. The molecule has 0 bridgehead atoms. The van der Waals surface area contributed by atoms with Gasteiger partial charge in [0.2, 0.25) is 0 Å². The lowest BCUT2D eigenvalue weighted by atomic mass is 9.85. The number of hydrogen-bond donors (Lipinski definition) is 2. The van der Waals surface area contributed by atoms with Crippen LogP contribution in [0.15, 0.2) is 200 Å². The molecule has 6 nitrogen and oxygen atoms in total. The highest BCUT2D eigenvalue weighted by Crippen LogP contribution is 2.40. The lowest BCUT2D eigenvalue weighted by Crippen LogP contribution is -2.09. The zero-order valence-corrected chi connectivity index (χ0v) is 33.7. The number of benzene rings is 8. The summed E-state index contributed by atoms with van der Waals surface area (Å²) in [5.41, 5.74) is 13.4. The number of phenols is 2. The SMILES string of the molecule is COc1ccc(C(=C(c2ccccc2)c2ccc(-c3ccc(/C(C#N)=C\c4ccc(N(c5ccc(O)cc5)c5ccc(O)cc5)cc4)cc3)cc2)c2ccc(OC)cc2)cc1. The van der Waals surface area contributed by atoms with E-state index >= 15 is 0 Å². The van der Waals surface area contributed by atoms with Crippen molar-refractivity contribution in [3.63, 3.8) is 0 Å². The maximum absolute atomic E-state index is 10.3. The fraction of sp³-hybridized carbons (Fsp3) is 0.0364. The highest BCUT2D eigenvalue weighted by molar-refractivity contribution is 6.05. The molecule has 296 valence electrons. The zero-order valence-electron chi connectivity index (χ0n) is 33.7. The first-order valence-corrected chi connectivity index (χ1v) is 19.8. The number of hydrogen-bond acceptors (Lipinski definition) is 6. The molecule has 0 fully saturated rings. The summed E-state index contributed by atoms with van der Waals surface area (Å²) in [6, 6.07) is 67.8. The summed E-state index contributed by atoms with van der Waals surface area (Å²) in [5.74, 6) is 1.94. The molecule has 0 amide bonds.